The lowest BCUT2D eigenvalue weighted by atomic mass is 9.86. The summed E-state index contributed by atoms with van der Waals surface area (Å²) >= 11 is 5.64. The quantitative estimate of drug-likeness (QED) is 0.860. The molecule has 1 aliphatic rings. The highest BCUT2D eigenvalue weighted by Crippen LogP contribution is 2.29. The van der Waals surface area contributed by atoms with Gasteiger partial charge in [0.15, 0.2) is 11.6 Å². The third-order valence-corrected chi connectivity index (χ3v) is 3.74. The first kappa shape index (κ1) is 13.5. The smallest absolute Gasteiger partial charge is 0.167 e. The molecule has 2 atom stereocenters. The Morgan fingerprint density at radius 2 is 2.39 bits per heavy atom. The summed E-state index contributed by atoms with van der Waals surface area (Å²) in [6.45, 7) is 2.43. The van der Waals surface area contributed by atoms with Gasteiger partial charge in [-0.3, -0.25) is 0 Å². The molecule has 1 aliphatic heterocycles. The van der Waals surface area contributed by atoms with E-state index in [1.165, 1.54) is 12.3 Å². The Kier molecular flexibility index (Phi) is 3.75. The van der Waals surface area contributed by atoms with E-state index in [1.54, 1.807) is 4.90 Å². The van der Waals surface area contributed by atoms with Gasteiger partial charge in [-0.05, 0) is 18.9 Å². The van der Waals surface area contributed by atoms with Gasteiger partial charge < -0.3 is 15.1 Å². The minimum atomic E-state index is -1.08. The van der Waals surface area contributed by atoms with Gasteiger partial charge in [-0.15, -0.1) is 0 Å². The molecule has 6 heteroatoms. The number of aliphatic hydroxyl groups is 2. The molecular formula is C12H16ClFN2O2. The zero-order valence-electron chi connectivity index (χ0n) is 10.1. The molecule has 1 fully saturated rings. The van der Waals surface area contributed by atoms with Crippen LogP contribution in [0.15, 0.2) is 12.3 Å². The second-order valence-corrected chi connectivity index (χ2v) is 5.06. The summed E-state index contributed by atoms with van der Waals surface area (Å²) < 4.78 is 13.7. The van der Waals surface area contributed by atoms with Crippen molar-refractivity contribution >= 4 is 17.4 Å². The Morgan fingerprint density at radius 3 is 2.94 bits per heavy atom. The summed E-state index contributed by atoms with van der Waals surface area (Å²) in [6.07, 6.45) is 1.31. The van der Waals surface area contributed by atoms with Crippen molar-refractivity contribution < 1.29 is 14.6 Å². The summed E-state index contributed by atoms with van der Waals surface area (Å²) in [4.78, 5) is 5.56. The van der Waals surface area contributed by atoms with E-state index < -0.39 is 17.5 Å². The molecule has 100 valence electrons. The van der Waals surface area contributed by atoms with Crippen LogP contribution < -0.4 is 4.90 Å². The van der Waals surface area contributed by atoms with E-state index in [0.717, 1.165) is 0 Å². The van der Waals surface area contributed by atoms with Crippen LogP contribution in [-0.2, 0) is 0 Å². The molecule has 0 unspecified atom stereocenters. The topological polar surface area (TPSA) is 56.6 Å². The summed E-state index contributed by atoms with van der Waals surface area (Å²) in [5.41, 5.74) is -1.08. The first-order valence-electron chi connectivity index (χ1n) is 5.92. The van der Waals surface area contributed by atoms with Gasteiger partial charge in [-0.25, -0.2) is 9.37 Å². The van der Waals surface area contributed by atoms with Gasteiger partial charge in [0.25, 0.3) is 0 Å². The van der Waals surface area contributed by atoms with E-state index >= 15 is 0 Å². The largest absolute Gasteiger partial charge is 0.388 e. The Morgan fingerprint density at radius 1 is 1.67 bits per heavy atom. The van der Waals surface area contributed by atoms with Crippen LogP contribution >= 0.6 is 11.6 Å². The maximum Gasteiger partial charge on any atom is 0.167 e. The first-order chi connectivity index (χ1) is 8.46. The molecule has 0 bridgehead atoms. The first-order valence-corrected chi connectivity index (χ1v) is 6.30. The van der Waals surface area contributed by atoms with Crippen molar-refractivity contribution in [3.63, 3.8) is 0 Å². The van der Waals surface area contributed by atoms with Crippen LogP contribution in [0.4, 0.5) is 10.2 Å². The predicted octanol–water partition coefficient (Wildman–Crippen LogP) is 1.59. The van der Waals surface area contributed by atoms with E-state index in [0.29, 0.717) is 19.4 Å². The van der Waals surface area contributed by atoms with Crippen molar-refractivity contribution in [1.82, 2.24) is 4.98 Å². The van der Waals surface area contributed by atoms with E-state index in [2.05, 4.69) is 4.98 Å². The maximum absolute atomic E-state index is 13.7. The number of halogens is 2. The highest BCUT2D eigenvalue weighted by molar-refractivity contribution is 6.30. The molecule has 1 aromatic heterocycles. The molecule has 1 aromatic rings. The van der Waals surface area contributed by atoms with Crippen molar-refractivity contribution in [2.45, 2.75) is 31.5 Å². The highest BCUT2D eigenvalue weighted by Gasteiger charge is 2.39. The molecule has 2 N–H and O–H groups in total. The van der Waals surface area contributed by atoms with Crippen LogP contribution in [0.25, 0.3) is 0 Å². The van der Waals surface area contributed by atoms with Crippen molar-refractivity contribution in [2.24, 2.45) is 0 Å². The number of hydrogen-bond acceptors (Lipinski definition) is 4. The Hall–Kier alpha value is -0.910. The van der Waals surface area contributed by atoms with Gasteiger partial charge in [-0.1, -0.05) is 18.5 Å². The third kappa shape index (κ3) is 2.43. The van der Waals surface area contributed by atoms with Crippen LogP contribution in [-0.4, -0.2) is 40.0 Å². The standard InChI is InChI=1S/C12H16ClFN2O2/c1-2-12(18)3-4-16(7-10(12)17)11-9(14)5-8(13)6-15-11/h5-6,10,17-18H,2-4,7H2,1H3/t10-,12-/m1/s1. The number of piperidine rings is 1. The van der Waals surface area contributed by atoms with Gasteiger partial charge >= 0.3 is 0 Å². The molecule has 1 saturated heterocycles. The van der Waals surface area contributed by atoms with Gasteiger partial charge in [0.2, 0.25) is 0 Å². The SMILES string of the molecule is CC[C@@]1(O)CCN(c2ncc(Cl)cc2F)C[C@H]1O. The second-order valence-electron chi connectivity index (χ2n) is 4.63. The van der Waals surface area contributed by atoms with Crippen LogP contribution in [0.5, 0.6) is 0 Å². The number of nitrogens with zero attached hydrogens (tertiary/aromatic N) is 2. The van der Waals surface area contributed by atoms with E-state index in [4.69, 9.17) is 11.6 Å². The van der Waals surface area contributed by atoms with Gasteiger partial charge in [-0.2, -0.15) is 0 Å². The molecule has 0 amide bonds. The summed E-state index contributed by atoms with van der Waals surface area (Å²) in [5, 5.41) is 20.3. The fraction of sp³-hybridized carbons (Fsp3) is 0.583. The van der Waals surface area contributed by atoms with E-state index in [-0.39, 0.29) is 17.4 Å². The number of hydrogen-bond donors (Lipinski definition) is 2. The number of aromatic nitrogens is 1. The van der Waals surface area contributed by atoms with Crippen molar-refractivity contribution in [3.05, 3.63) is 23.1 Å². The predicted molar refractivity (Wildman–Crippen MR) is 67.3 cm³/mol. The zero-order chi connectivity index (χ0) is 13.3. The lowest BCUT2D eigenvalue weighted by molar-refractivity contribution is -0.0880. The number of rotatable bonds is 2. The Labute approximate surface area is 110 Å². The Bertz CT molecular complexity index is 446. The van der Waals surface area contributed by atoms with Crippen molar-refractivity contribution in [3.8, 4) is 0 Å². The van der Waals surface area contributed by atoms with Crippen molar-refractivity contribution in [1.29, 1.82) is 0 Å². The summed E-state index contributed by atoms with van der Waals surface area (Å²) in [5.74, 6) is -0.353. The van der Waals surface area contributed by atoms with Gasteiger partial charge in [0, 0.05) is 19.3 Å². The molecule has 18 heavy (non-hydrogen) atoms. The second kappa shape index (κ2) is 4.99. The average Bonchev–Trinajstić information content (AvgIpc) is 2.33. The molecule has 0 radical (unpaired) electrons. The van der Waals surface area contributed by atoms with Gasteiger partial charge in [0.1, 0.15) is 6.10 Å². The maximum atomic E-state index is 13.7. The lowest BCUT2D eigenvalue weighted by Gasteiger charge is -2.42. The lowest BCUT2D eigenvalue weighted by Crippen LogP contribution is -2.55. The summed E-state index contributed by atoms with van der Waals surface area (Å²) in [7, 11) is 0. The number of aliphatic hydroxyl groups excluding tert-OH is 1. The molecule has 0 aliphatic carbocycles. The van der Waals surface area contributed by atoms with Crippen LogP contribution in [0.1, 0.15) is 19.8 Å². The Balaban J connectivity index is 2.17. The molecule has 0 aromatic carbocycles. The van der Waals surface area contributed by atoms with Crippen LogP contribution in [0, 0.1) is 5.82 Å². The fourth-order valence-corrected chi connectivity index (χ4v) is 2.35. The molecule has 0 saturated carbocycles. The average molecular weight is 275 g/mol. The highest BCUT2D eigenvalue weighted by atomic mass is 35.5. The van der Waals surface area contributed by atoms with Crippen molar-refractivity contribution in [2.75, 3.05) is 18.0 Å². The molecular weight excluding hydrogens is 259 g/mol. The van der Waals surface area contributed by atoms with Crippen LogP contribution in [0.3, 0.4) is 0 Å². The molecule has 4 nitrogen and oxygen atoms in total. The molecule has 2 rings (SSSR count). The number of pyridine rings is 1. The minimum absolute atomic E-state index is 0.163. The van der Waals surface area contributed by atoms with Gasteiger partial charge in [0.05, 0.1) is 10.6 Å². The number of anilines is 1. The monoisotopic (exact) mass is 274 g/mol. The number of β-amino-alcohol motifs (C(OH)–C–C–N with tert-alkyl or cyclic N) is 1. The van der Waals surface area contributed by atoms with E-state index in [1.807, 2.05) is 6.92 Å². The molecule has 0 spiro atoms. The third-order valence-electron chi connectivity index (χ3n) is 3.53. The fourth-order valence-electron chi connectivity index (χ4n) is 2.21. The zero-order valence-corrected chi connectivity index (χ0v) is 10.9. The summed E-state index contributed by atoms with van der Waals surface area (Å²) in [6, 6.07) is 1.19. The van der Waals surface area contributed by atoms with E-state index in [9.17, 15) is 14.6 Å². The normalized spacial score (nSPS) is 28.5. The minimum Gasteiger partial charge on any atom is -0.388 e. The molecule has 2 heterocycles. The van der Waals surface area contributed by atoms with Crippen LogP contribution in [0.2, 0.25) is 5.02 Å².